The molecule has 0 unspecified atom stereocenters. The van der Waals surface area contributed by atoms with Gasteiger partial charge in [-0.2, -0.15) is 15.0 Å². The van der Waals surface area contributed by atoms with Crippen molar-refractivity contribution in [2.24, 2.45) is 0 Å². The van der Waals surface area contributed by atoms with Gasteiger partial charge in [0.05, 0.1) is 33.1 Å². The maximum atomic E-state index is 5.41. The second-order valence-electron chi connectivity index (χ2n) is 14.5. The van der Waals surface area contributed by atoms with Crippen molar-refractivity contribution in [3.05, 3.63) is 194 Å². The molecule has 266 valence electrons. The third kappa shape index (κ3) is 4.81. The van der Waals surface area contributed by atoms with Crippen molar-refractivity contribution >= 4 is 65.4 Å². The molecule has 0 saturated carbocycles. The first kappa shape index (κ1) is 31.5. The molecule has 4 aromatic heterocycles. The van der Waals surface area contributed by atoms with Gasteiger partial charge in [-0.3, -0.25) is 9.13 Å². The maximum absolute atomic E-state index is 5.41. The van der Waals surface area contributed by atoms with Gasteiger partial charge in [0.1, 0.15) is 0 Å². The minimum absolute atomic E-state index is 0.553. The Bertz CT molecular complexity index is 3450. The molecule has 57 heavy (non-hydrogen) atoms. The van der Waals surface area contributed by atoms with E-state index >= 15 is 0 Å². The fourth-order valence-corrected chi connectivity index (χ4v) is 8.77. The van der Waals surface area contributed by atoms with E-state index in [0.717, 1.165) is 77.0 Å². The van der Waals surface area contributed by atoms with Crippen molar-refractivity contribution in [1.82, 2.24) is 28.7 Å². The van der Waals surface area contributed by atoms with E-state index in [1.54, 1.807) is 0 Å². The molecule has 4 heterocycles. The summed E-state index contributed by atoms with van der Waals surface area (Å²) in [4.78, 5) is 16.0. The largest absolute Gasteiger partial charge is 0.309 e. The van der Waals surface area contributed by atoms with E-state index in [4.69, 9.17) is 15.0 Å². The molecule has 12 aromatic rings. The lowest BCUT2D eigenvalue weighted by Crippen LogP contribution is -2.10. The van der Waals surface area contributed by atoms with E-state index in [1.807, 2.05) is 6.07 Å². The zero-order valence-corrected chi connectivity index (χ0v) is 30.7. The average Bonchev–Trinajstić information content (AvgIpc) is 3.91. The van der Waals surface area contributed by atoms with Gasteiger partial charge in [-0.15, -0.1) is 0 Å². The predicted octanol–water partition coefficient (Wildman–Crippen LogP) is 12.5. The molecule has 0 fully saturated rings. The fraction of sp³-hybridized carbons (Fsp3) is 0. The lowest BCUT2D eigenvalue weighted by Gasteiger charge is -2.13. The first-order valence-electron chi connectivity index (χ1n) is 19.2. The monoisotopic (exact) mass is 728 g/mol. The standard InChI is InChI=1S/C51H32N6/c1-3-15-33(16-4-1)34-27-29-35(30-28-34)49-52-50(56-44-24-12-7-19-37(44)38-20-8-13-25-45(38)56)54-51(53-49)57-46-26-14-10-22-40(46)42-31-41-39-21-9-11-23-43(39)55(47(41)32-48(42)57)36-17-5-2-6-18-36/h1-32H. The van der Waals surface area contributed by atoms with E-state index in [1.165, 1.54) is 10.8 Å². The van der Waals surface area contributed by atoms with Gasteiger partial charge in [0, 0.05) is 43.6 Å². The molecule has 0 atom stereocenters. The van der Waals surface area contributed by atoms with Gasteiger partial charge in [-0.1, -0.05) is 146 Å². The molecule has 0 saturated heterocycles. The zero-order valence-electron chi connectivity index (χ0n) is 30.7. The number of hydrogen-bond acceptors (Lipinski definition) is 3. The summed E-state index contributed by atoms with van der Waals surface area (Å²) in [6, 6.07) is 68.4. The fourth-order valence-electron chi connectivity index (χ4n) is 8.77. The van der Waals surface area contributed by atoms with E-state index in [0.29, 0.717) is 17.7 Å². The molecule has 0 radical (unpaired) electrons. The van der Waals surface area contributed by atoms with Crippen LogP contribution < -0.4 is 0 Å². The second-order valence-corrected chi connectivity index (χ2v) is 14.5. The average molecular weight is 729 g/mol. The van der Waals surface area contributed by atoms with E-state index < -0.39 is 0 Å². The van der Waals surface area contributed by atoms with Gasteiger partial charge in [-0.05, 0) is 59.7 Å². The number of para-hydroxylation sites is 5. The number of fused-ring (bicyclic) bond motifs is 9. The first-order valence-corrected chi connectivity index (χ1v) is 19.2. The zero-order chi connectivity index (χ0) is 37.5. The van der Waals surface area contributed by atoms with E-state index in [2.05, 4.69) is 202 Å². The highest BCUT2D eigenvalue weighted by molar-refractivity contribution is 6.19. The van der Waals surface area contributed by atoms with Crippen LogP contribution in [0.3, 0.4) is 0 Å². The molecule has 12 rings (SSSR count). The van der Waals surface area contributed by atoms with Crippen LogP contribution in [0.4, 0.5) is 0 Å². The summed E-state index contributed by atoms with van der Waals surface area (Å²) in [6.07, 6.45) is 0. The lowest BCUT2D eigenvalue weighted by molar-refractivity contribution is 0.893. The molecule has 0 bridgehead atoms. The third-order valence-electron chi connectivity index (χ3n) is 11.3. The second kappa shape index (κ2) is 12.3. The van der Waals surface area contributed by atoms with Crippen LogP contribution in [0.25, 0.3) is 106 Å². The van der Waals surface area contributed by atoms with Gasteiger partial charge in [0.2, 0.25) is 11.9 Å². The van der Waals surface area contributed by atoms with Crippen LogP contribution in [0.2, 0.25) is 0 Å². The lowest BCUT2D eigenvalue weighted by atomic mass is 10.0. The molecule has 0 aliphatic heterocycles. The number of aromatic nitrogens is 6. The van der Waals surface area contributed by atoms with Crippen LogP contribution in [0.1, 0.15) is 0 Å². The van der Waals surface area contributed by atoms with Gasteiger partial charge in [0.25, 0.3) is 0 Å². The summed E-state index contributed by atoms with van der Waals surface area (Å²) >= 11 is 0. The molecular weight excluding hydrogens is 697 g/mol. The van der Waals surface area contributed by atoms with E-state index in [-0.39, 0.29) is 0 Å². The van der Waals surface area contributed by atoms with Crippen LogP contribution in [0, 0.1) is 0 Å². The molecule has 0 aliphatic rings. The van der Waals surface area contributed by atoms with Crippen molar-refractivity contribution in [2.75, 3.05) is 0 Å². The highest BCUT2D eigenvalue weighted by Gasteiger charge is 2.22. The predicted molar refractivity (Wildman–Crippen MR) is 234 cm³/mol. The smallest absolute Gasteiger partial charge is 0.240 e. The first-order chi connectivity index (χ1) is 28.3. The Morgan fingerprint density at radius 1 is 0.263 bits per heavy atom. The van der Waals surface area contributed by atoms with Crippen molar-refractivity contribution in [2.45, 2.75) is 0 Å². The van der Waals surface area contributed by atoms with Crippen LogP contribution in [0.5, 0.6) is 0 Å². The minimum Gasteiger partial charge on any atom is -0.309 e. The quantitative estimate of drug-likeness (QED) is 0.177. The summed E-state index contributed by atoms with van der Waals surface area (Å²) in [5.74, 6) is 1.71. The molecule has 0 aliphatic carbocycles. The minimum atomic E-state index is 0.553. The summed E-state index contributed by atoms with van der Waals surface area (Å²) < 4.78 is 6.76. The summed E-state index contributed by atoms with van der Waals surface area (Å²) in [5, 5.41) is 6.99. The SMILES string of the molecule is c1ccc(-c2ccc(-c3nc(-n4c5ccccc5c5ccccc54)nc(-n4c5ccccc5c5cc6c7ccccc7n(-c7ccccc7)c6cc54)n3)cc2)cc1. The number of benzene rings is 8. The maximum Gasteiger partial charge on any atom is 0.240 e. The van der Waals surface area contributed by atoms with Crippen LogP contribution >= 0.6 is 0 Å². The van der Waals surface area contributed by atoms with Gasteiger partial charge in [-0.25, -0.2) is 0 Å². The van der Waals surface area contributed by atoms with Gasteiger partial charge >= 0.3 is 0 Å². The highest BCUT2D eigenvalue weighted by Crippen LogP contribution is 2.40. The Hall–Kier alpha value is -7.83. The van der Waals surface area contributed by atoms with Crippen molar-refractivity contribution in [3.63, 3.8) is 0 Å². The van der Waals surface area contributed by atoms with Crippen molar-refractivity contribution < 1.29 is 0 Å². The Morgan fingerprint density at radius 3 is 1.19 bits per heavy atom. The summed E-state index contributed by atoms with van der Waals surface area (Å²) in [5.41, 5.74) is 10.7. The van der Waals surface area contributed by atoms with Crippen LogP contribution in [-0.2, 0) is 0 Å². The van der Waals surface area contributed by atoms with Crippen LogP contribution in [-0.4, -0.2) is 28.7 Å². The Labute approximate surface area is 327 Å². The van der Waals surface area contributed by atoms with Crippen molar-refractivity contribution in [3.8, 4) is 40.1 Å². The van der Waals surface area contributed by atoms with Crippen LogP contribution in [0.15, 0.2) is 194 Å². The summed E-state index contributed by atoms with van der Waals surface area (Å²) in [7, 11) is 0. The molecular formula is C51H32N6. The Morgan fingerprint density at radius 2 is 0.649 bits per heavy atom. The molecule has 0 amide bonds. The topological polar surface area (TPSA) is 53.5 Å². The number of nitrogens with zero attached hydrogens (tertiary/aromatic N) is 6. The summed E-state index contributed by atoms with van der Waals surface area (Å²) in [6.45, 7) is 0. The molecule has 0 spiro atoms. The molecule has 0 N–H and O–H groups in total. The molecule has 6 heteroatoms. The normalized spacial score (nSPS) is 11.9. The van der Waals surface area contributed by atoms with Crippen molar-refractivity contribution in [1.29, 1.82) is 0 Å². The van der Waals surface area contributed by atoms with Gasteiger partial charge < -0.3 is 4.57 Å². The molecule has 8 aromatic carbocycles. The Balaban J connectivity index is 1.17. The number of rotatable bonds is 5. The van der Waals surface area contributed by atoms with Gasteiger partial charge in [0.15, 0.2) is 5.82 Å². The highest BCUT2D eigenvalue weighted by atomic mass is 15.3. The number of hydrogen-bond donors (Lipinski definition) is 0. The molecule has 6 nitrogen and oxygen atoms in total. The third-order valence-corrected chi connectivity index (χ3v) is 11.3. The van der Waals surface area contributed by atoms with E-state index in [9.17, 15) is 0 Å². The Kier molecular flexibility index (Phi) is 6.83.